The predicted octanol–water partition coefficient (Wildman–Crippen LogP) is 28.6. The van der Waals surface area contributed by atoms with Gasteiger partial charge >= 0.3 is 0 Å². The molecule has 0 aliphatic carbocycles. The van der Waals surface area contributed by atoms with Crippen molar-refractivity contribution in [1.82, 2.24) is 0 Å². The van der Waals surface area contributed by atoms with Crippen molar-refractivity contribution in [2.75, 3.05) is 4.90 Å². The van der Waals surface area contributed by atoms with Gasteiger partial charge in [0.25, 0.3) is 6.71 Å². The number of hydrogen-bond donors (Lipinski definition) is 0. The van der Waals surface area contributed by atoms with Crippen molar-refractivity contribution < 1.29 is 13.6 Å². The third kappa shape index (κ3) is 13.1. The summed E-state index contributed by atoms with van der Waals surface area (Å²) in [6, 6.07) is 95.1. The summed E-state index contributed by atoms with van der Waals surface area (Å²) in [4.78, 5) is 2.68. The molecule has 2 aliphatic rings. The number of ether oxygens (including phenoxy) is 1. The summed E-state index contributed by atoms with van der Waals surface area (Å²) in [6.45, 7) is 49.1. The van der Waals surface area contributed by atoms with Crippen molar-refractivity contribution in [2.45, 2.75) is 183 Å². The molecule has 2 aromatic heterocycles. The Morgan fingerprint density at radius 2 is 0.649 bits per heavy atom. The van der Waals surface area contributed by atoms with Crippen LogP contribution in [0.5, 0.6) is 11.5 Å². The number of para-hydroxylation sites is 2. The first-order valence-corrected chi connectivity index (χ1v) is 40.0. The number of anilines is 3. The van der Waals surface area contributed by atoms with Crippen LogP contribution in [0.4, 0.5) is 17.1 Å². The molecule has 0 saturated carbocycles. The minimum atomic E-state index is -0.333. The van der Waals surface area contributed by atoms with E-state index in [-0.39, 0.29) is 44.6 Å². The molecule has 0 N–H and O–H groups in total. The zero-order valence-electron chi connectivity index (χ0n) is 68.9. The minimum Gasteiger partial charge on any atom is -0.458 e. The fourth-order valence-corrected chi connectivity index (χ4v) is 16.9. The maximum Gasteiger partial charge on any atom is 0.256 e. The second-order valence-electron chi connectivity index (χ2n) is 39.1. The van der Waals surface area contributed by atoms with Crippen molar-refractivity contribution in [3.8, 4) is 89.4 Å². The van der Waals surface area contributed by atoms with E-state index in [4.69, 9.17) is 13.6 Å². The molecule has 15 aromatic rings. The first kappa shape index (κ1) is 73.0. The molecule has 554 valence electrons. The third-order valence-corrected chi connectivity index (χ3v) is 23.7. The quantitative estimate of drug-likeness (QED) is 0.142. The molecule has 17 rings (SSSR count). The van der Waals surface area contributed by atoms with Crippen LogP contribution in [0.3, 0.4) is 0 Å². The second-order valence-corrected chi connectivity index (χ2v) is 39.1. The number of rotatable bonds is 8. The van der Waals surface area contributed by atoms with Crippen LogP contribution < -0.4 is 26.0 Å². The monoisotopic (exact) mass is 1450 g/mol. The second kappa shape index (κ2) is 25.9. The van der Waals surface area contributed by atoms with E-state index in [1.807, 2.05) is 6.07 Å². The number of benzene rings is 13. The topological polar surface area (TPSA) is 38.8 Å². The predicted molar refractivity (Wildman–Crippen MR) is 476 cm³/mol. The van der Waals surface area contributed by atoms with Crippen LogP contribution in [0.1, 0.15) is 184 Å². The Bertz CT molecular complexity index is 6110. The third-order valence-electron chi connectivity index (χ3n) is 23.7. The van der Waals surface area contributed by atoms with E-state index in [9.17, 15) is 0 Å². The minimum absolute atomic E-state index is 0.126. The number of hydrogen-bond acceptors (Lipinski definition) is 4. The smallest absolute Gasteiger partial charge is 0.256 e. The van der Waals surface area contributed by atoms with Gasteiger partial charge in [0.05, 0.1) is 5.69 Å². The molecule has 0 atom stereocenters. The summed E-state index contributed by atoms with van der Waals surface area (Å²) >= 11 is 0. The van der Waals surface area contributed by atoms with E-state index in [2.05, 4.69) is 393 Å². The van der Waals surface area contributed by atoms with Crippen LogP contribution in [0.15, 0.2) is 258 Å². The molecule has 0 amide bonds. The number of fused-ring (bicyclic) bond motifs is 10. The molecule has 2 aliphatic heterocycles. The highest BCUT2D eigenvalue weighted by molar-refractivity contribution is 6.99. The summed E-state index contributed by atoms with van der Waals surface area (Å²) in [5, 5.41) is 4.22. The summed E-state index contributed by atoms with van der Waals surface area (Å²) in [5.74, 6) is 1.68. The molecule has 5 heteroatoms. The molecular formula is C106H104BNO3. The number of furan rings is 2. The van der Waals surface area contributed by atoms with Gasteiger partial charge in [-0.2, -0.15) is 0 Å². The lowest BCUT2D eigenvalue weighted by atomic mass is 9.33. The SMILES string of the molecule is CC(C)(C)c1cc(-c2cc3c(c(-c4cc(C(C)(C)C)cc(C(C)(C)C)c4)c2)Oc2cc(-c4cc(-c5ccc6oc7ccccc7c6c5)c5oc6ccccc6c5c4)cc4c2B3c2ccc(-c3cc(C(C)(C)C)cc(C(C)(C)C)c3)cc2N4c2c(-c3ccccc3)cc(C(C)(C)C)cc2-c2ccccc2)cc(C(C)(C)C)c1. The Balaban J connectivity index is 1.05. The fraction of sp³-hybridized carbons (Fsp3) is 0.264. The van der Waals surface area contributed by atoms with E-state index < -0.39 is 0 Å². The van der Waals surface area contributed by atoms with Crippen LogP contribution >= 0.6 is 0 Å². The molecular weight excluding hydrogens is 1350 g/mol. The summed E-state index contributed by atoms with van der Waals surface area (Å²) in [6.07, 6.45) is 0. The molecule has 0 spiro atoms. The van der Waals surface area contributed by atoms with E-state index in [1.165, 1.54) is 55.5 Å². The van der Waals surface area contributed by atoms with Gasteiger partial charge in [-0.05, 0) is 222 Å². The van der Waals surface area contributed by atoms with E-state index in [0.29, 0.717) is 0 Å². The standard InChI is InChI=1S/C106H104BNO3/c1-100(2,3)73-44-67(45-74(58-73)101(4,5)6)65-40-42-88-90(55-65)108(97-82(63-32-24-22-25-33-63)61-79(106(19,20)21)62-83(97)64-34-26-23-27-35-64)91-56-71(69-51-84(98-87(53-69)81-37-29-31-39-93(81)110-98)66-41-43-94-86(50-66)80-36-28-30-38-92(80)109-94)57-95-96(91)107(88)89-54-70(68-46-75(102(7,8)9)59-76(47-68)103(10,11)12)52-85(99(89)111-95)72-48-77(104(13,14)15)60-78(49-72)105(16,17)18/h22-62H,1-21H3. The lowest BCUT2D eigenvalue weighted by molar-refractivity contribution is 0.489. The Kier molecular flexibility index (Phi) is 17.0. The van der Waals surface area contributed by atoms with Gasteiger partial charge in [0.15, 0.2) is 0 Å². The summed E-state index contributed by atoms with van der Waals surface area (Å²) in [5.41, 5.74) is 33.5. The van der Waals surface area contributed by atoms with Crippen molar-refractivity contribution >= 4 is 84.0 Å². The average molecular weight is 1450 g/mol. The molecule has 0 radical (unpaired) electrons. The summed E-state index contributed by atoms with van der Waals surface area (Å²) < 4.78 is 22.0. The molecule has 0 fully saturated rings. The maximum atomic E-state index is 8.33. The Hall–Kier alpha value is -10.9. The van der Waals surface area contributed by atoms with Crippen LogP contribution in [0, 0.1) is 0 Å². The van der Waals surface area contributed by atoms with Crippen molar-refractivity contribution in [3.63, 3.8) is 0 Å². The molecule has 4 heterocycles. The highest BCUT2D eigenvalue weighted by atomic mass is 16.5. The zero-order chi connectivity index (χ0) is 78.1. The fourth-order valence-electron chi connectivity index (χ4n) is 16.9. The van der Waals surface area contributed by atoms with Crippen molar-refractivity contribution in [2.24, 2.45) is 0 Å². The van der Waals surface area contributed by atoms with Gasteiger partial charge in [-0.3, -0.25) is 0 Å². The van der Waals surface area contributed by atoms with E-state index >= 15 is 0 Å². The molecule has 0 bridgehead atoms. The van der Waals surface area contributed by atoms with E-state index in [0.717, 1.165) is 150 Å². The van der Waals surface area contributed by atoms with E-state index in [1.54, 1.807) is 0 Å². The lowest BCUT2D eigenvalue weighted by Crippen LogP contribution is -2.59. The van der Waals surface area contributed by atoms with Crippen LogP contribution in [0.2, 0.25) is 0 Å². The highest BCUT2D eigenvalue weighted by Gasteiger charge is 2.45. The largest absolute Gasteiger partial charge is 0.458 e. The lowest BCUT2D eigenvalue weighted by Gasteiger charge is -2.43. The highest BCUT2D eigenvalue weighted by Crippen LogP contribution is 2.55. The van der Waals surface area contributed by atoms with Crippen LogP contribution in [0.25, 0.3) is 122 Å². The zero-order valence-corrected chi connectivity index (χ0v) is 68.9. The van der Waals surface area contributed by atoms with Crippen molar-refractivity contribution in [3.05, 3.63) is 288 Å². The molecule has 13 aromatic carbocycles. The number of nitrogens with zero attached hydrogens (tertiary/aromatic N) is 1. The Morgan fingerprint density at radius 3 is 1.17 bits per heavy atom. The van der Waals surface area contributed by atoms with Gasteiger partial charge in [-0.25, -0.2) is 0 Å². The van der Waals surface area contributed by atoms with Gasteiger partial charge in [-0.1, -0.05) is 321 Å². The van der Waals surface area contributed by atoms with Gasteiger partial charge in [-0.15, -0.1) is 0 Å². The maximum absolute atomic E-state index is 8.33. The van der Waals surface area contributed by atoms with Crippen LogP contribution in [-0.2, 0) is 37.9 Å². The normalized spacial score (nSPS) is 13.5. The van der Waals surface area contributed by atoms with Crippen molar-refractivity contribution in [1.29, 1.82) is 0 Å². The van der Waals surface area contributed by atoms with Crippen LogP contribution in [-0.4, -0.2) is 6.71 Å². The first-order chi connectivity index (χ1) is 52.4. The summed E-state index contributed by atoms with van der Waals surface area (Å²) in [7, 11) is 0. The van der Waals surface area contributed by atoms with Gasteiger partial charge in [0, 0.05) is 55.2 Å². The van der Waals surface area contributed by atoms with Gasteiger partial charge in [0.2, 0.25) is 0 Å². The first-order valence-electron chi connectivity index (χ1n) is 40.0. The Morgan fingerprint density at radius 1 is 0.252 bits per heavy atom. The van der Waals surface area contributed by atoms with Gasteiger partial charge in [0.1, 0.15) is 33.8 Å². The van der Waals surface area contributed by atoms with Gasteiger partial charge < -0.3 is 18.5 Å². The molecule has 111 heavy (non-hydrogen) atoms. The molecule has 0 saturated heterocycles. The Labute approximate surface area is 658 Å². The average Bonchev–Trinajstić information content (AvgIpc) is 1.19. The molecule has 0 unspecified atom stereocenters. The molecule has 4 nitrogen and oxygen atoms in total.